The monoisotopic (exact) mass is 247 g/mol. The second-order valence-electron chi connectivity index (χ2n) is 5.21. The van der Waals surface area contributed by atoms with E-state index in [0.29, 0.717) is 5.92 Å². The molecule has 0 saturated carbocycles. The van der Waals surface area contributed by atoms with Crippen LogP contribution in [0.1, 0.15) is 56.9 Å². The van der Waals surface area contributed by atoms with Crippen molar-refractivity contribution in [3.05, 3.63) is 35.4 Å². The van der Waals surface area contributed by atoms with Gasteiger partial charge in [0.05, 0.1) is 6.61 Å². The normalized spacial score (nSPS) is 19.8. The second kappa shape index (κ2) is 6.91. The zero-order chi connectivity index (χ0) is 12.8. The largest absolute Gasteiger partial charge is 0.359 e. The summed E-state index contributed by atoms with van der Waals surface area (Å²) < 4.78 is 6.07. The smallest absolute Gasteiger partial charge is 0.134 e. The zero-order valence-corrected chi connectivity index (χ0v) is 11.6. The molecule has 0 fully saturated rings. The molecule has 1 heterocycles. The van der Waals surface area contributed by atoms with Crippen molar-refractivity contribution in [3.8, 4) is 0 Å². The molecule has 0 aliphatic carbocycles. The summed E-state index contributed by atoms with van der Waals surface area (Å²) in [6.07, 6.45) is 5.21. The third-order valence-electron chi connectivity index (χ3n) is 3.86. The highest BCUT2D eigenvalue weighted by molar-refractivity contribution is 5.32. The van der Waals surface area contributed by atoms with Crippen molar-refractivity contribution in [2.75, 3.05) is 6.61 Å². The fourth-order valence-electron chi connectivity index (χ4n) is 2.54. The van der Waals surface area contributed by atoms with Gasteiger partial charge < -0.3 is 4.74 Å². The van der Waals surface area contributed by atoms with Gasteiger partial charge in [-0.15, -0.1) is 0 Å². The number of fused-ring (bicyclic) bond motifs is 1. The van der Waals surface area contributed by atoms with Gasteiger partial charge in [-0.25, -0.2) is 0 Å². The highest BCUT2D eigenvalue weighted by atomic mass is 16.5. The zero-order valence-electron chi connectivity index (χ0n) is 11.6. The van der Waals surface area contributed by atoms with E-state index in [0.717, 1.165) is 13.2 Å². The molecule has 2 atom stereocenters. The minimum Gasteiger partial charge on any atom is -0.359 e. The minimum atomic E-state index is 0.108. The SMILES string of the molecule is CCCCC(CC)COC1NCc2ccccc21. The quantitative estimate of drug-likeness (QED) is 0.785. The van der Waals surface area contributed by atoms with Gasteiger partial charge in [0.2, 0.25) is 0 Å². The number of benzene rings is 1. The lowest BCUT2D eigenvalue weighted by molar-refractivity contribution is 0.0103. The predicted molar refractivity (Wildman–Crippen MR) is 75.3 cm³/mol. The van der Waals surface area contributed by atoms with Crippen LogP contribution in [0.15, 0.2) is 24.3 Å². The Kier molecular flexibility index (Phi) is 5.21. The highest BCUT2D eigenvalue weighted by Gasteiger charge is 2.22. The molecular formula is C16H25NO. The average Bonchev–Trinajstić information content (AvgIpc) is 2.82. The molecule has 2 heteroatoms. The van der Waals surface area contributed by atoms with Crippen LogP contribution >= 0.6 is 0 Å². The maximum atomic E-state index is 6.07. The van der Waals surface area contributed by atoms with Crippen molar-refractivity contribution in [2.45, 2.75) is 52.3 Å². The molecule has 2 unspecified atom stereocenters. The number of ether oxygens (including phenoxy) is 1. The maximum absolute atomic E-state index is 6.07. The third-order valence-corrected chi connectivity index (χ3v) is 3.86. The third kappa shape index (κ3) is 3.33. The van der Waals surface area contributed by atoms with Gasteiger partial charge in [-0.1, -0.05) is 57.4 Å². The fourth-order valence-corrected chi connectivity index (χ4v) is 2.54. The molecule has 0 bridgehead atoms. The topological polar surface area (TPSA) is 21.3 Å². The van der Waals surface area contributed by atoms with E-state index >= 15 is 0 Å². The van der Waals surface area contributed by atoms with Gasteiger partial charge in [-0.3, -0.25) is 5.32 Å². The van der Waals surface area contributed by atoms with Crippen molar-refractivity contribution >= 4 is 0 Å². The molecule has 1 aliphatic rings. The molecule has 1 N–H and O–H groups in total. The summed E-state index contributed by atoms with van der Waals surface area (Å²) in [7, 11) is 0. The van der Waals surface area contributed by atoms with E-state index in [1.54, 1.807) is 0 Å². The minimum absolute atomic E-state index is 0.108. The van der Waals surface area contributed by atoms with E-state index in [4.69, 9.17) is 4.74 Å². The van der Waals surface area contributed by atoms with Crippen LogP contribution in [0.4, 0.5) is 0 Å². The van der Waals surface area contributed by atoms with Crippen LogP contribution in [0.5, 0.6) is 0 Å². The summed E-state index contributed by atoms with van der Waals surface area (Å²) >= 11 is 0. The molecule has 1 aromatic carbocycles. The van der Waals surface area contributed by atoms with E-state index in [2.05, 4.69) is 43.4 Å². The van der Waals surface area contributed by atoms with Crippen LogP contribution in [0.2, 0.25) is 0 Å². The van der Waals surface area contributed by atoms with Crippen molar-refractivity contribution in [3.63, 3.8) is 0 Å². The van der Waals surface area contributed by atoms with Crippen LogP contribution in [-0.4, -0.2) is 6.61 Å². The standard InChI is InChI=1S/C16H25NO/c1-3-5-8-13(4-2)12-18-16-15-10-7-6-9-14(15)11-17-16/h6-7,9-10,13,16-17H,3-5,8,11-12H2,1-2H3. The Hall–Kier alpha value is -0.860. The second-order valence-corrected chi connectivity index (χ2v) is 5.21. The van der Waals surface area contributed by atoms with Gasteiger partial charge in [0.25, 0.3) is 0 Å². The van der Waals surface area contributed by atoms with Gasteiger partial charge >= 0.3 is 0 Å². The Morgan fingerprint density at radius 3 is 2.94 bits per heavy atom. The van der Waals surface area contributed by atoms with Crippen LogP contribution < -0.4 is 5.32 Å². The molecule has 0 saturated heterocycles. The number of nitrogens with one attached hydrogen (secondary N) is 1. The Bertz CT molecular complexity index is 364. The fraction of sp³-hybridized carbons (Fsp3) is 0.625. The van der Waals surface area contributed by atoms with Crippen LogP contribution in [0, 0.1) is 5.92 Å². The molecule has 1 aliphatic heterocycles. The van der Waals surface area contributed by atoms with E-state index in [9.17, 15) is 0 Å². The number of hydrogen-bond donors (Lipinski definition) is 1. The van der Waals surface area contributed by atoms with E-state index < -0.39 is 0 Å². The Balaban J connectivity index is 1.84. The first-order valence-corrected chi connectivity index (χ1v) is 7.28. The predicted octanol–water partition coefficient (Wildman–Crippen LogP) is 4.02. The summed E-state index contributed by atoms with van der Waals surface area (Å²) in [4.78, 5) is 0. The first-order valence-electron chi connectivity index (χ1n) is 7.28. The van der Waals surface area contributed by atoms with Gasteiger partial charge in [0, 0.05) is 6.54 Å². The molecule has 2 nitrogen and oxygen atoms in total. The van der Waals surface area contributed by atoms with Gasteiger partial charge in [-0.05, 0) is 23.5 Å². The lowest BCUT2D eigenvalue weighted by Gasteiger charge is -2.19. The van der Waals surface area contributed by atoms with Crippen molar-refractivity contribution in [1.82, 2.24) is 5.32 Å². The number of rotatable bonds is 7. The summed E-state index contributed by atoms with van der Waals surface area (Å²) in [6, 6.07) is 8.54. The maximum Gasteiger partial charge on any atom is 0.134 e. The summed E-state index contributed by atoms with van der Waals surface area (Å²) in [6.45, 7) is 6.33. The van der Waals surface area contributed by atoms with E-state index in [1.165, 1.54) is 36.8 Å². The highest BCUT2D eigenvalue weighted by Crippen LogP contribution is 2.27. The average molecular weight is 247 g/mol. The van der Waals surface area contributed by atoms with Crippen molar-refractivity contribution in [2.24, 2.45) is 5.92 Å². The summed E-state index contributed by atoms with van der Waals surface area (Å²) in [5.41, 5.74) is 2.70. The lowest BCUT2D eigenvalue weighted by Crippen LogP contribution is -2.19. The Morgan fingerprint density at radius 1 is 1.33 bits per heavy atom. The molecule has 2 rings (SSSR count). The van der Waals surface area contributed by atoms with E-state index in [-0.39, 0.29) is 6.23 Å². The molecule has 0 radical (unpaired) electrons. The van der Waals surface area contributed by atoms with Crippen molar-refractivity contribution in [1.29, 1.82) is 0 Å². The molecule has 0 aromatic heterocycles. The van der Waals surface area contributed by atoms with Crippen LogP contribution in [0.3, 0.4) is 0 Å². The van der Waals surface area contributed by atoms with Gasteiger partial charge in [0.15, 0.2) is 0 Å². The van der Waals surface area contributed by atoms with E-state index in [1.807, 2.05) is 0 Å². The van der Waals surface area contributed by atoms with Gasteiger partial charge in [-0.2, -0.15) is 0 Å². The van der Waals surface area contributed by atoms with Crippen molar-refractivity contribution < 1.29 is 4.74 Å². The number of unbranched alkanes of at least 4 members (excludes halogenated alkanes) is 1. The van der Waals surface area contributed by atoms with Gasteiger partial charge in [0.1, 0.15) is 6.23 Å². The molecule has 0 amide bonds. The molecule has 18 heavy (non-hydrogen) atoms. The summed E-state index contributed by atoms with van der Waals surface area (Å²) in [5.74, 6) is 0.708. The molecule has 1 aromatic rings. The first kappa shape index (κ1) is 13.6. The Labute approximate surface area is 111 Å². The first-order chi connectivity index (χ1) is 8.85. The van der Waals surface area contributed by atoms with Crippen LogP contribution in [0.25, 0.3) is 0 Å². The number of hydrogen-bond acceptors (Lipinski definition) is 2. The summed E-state index contributed by atoms with van der Waals surface area (Å²) in [5, 5.41) is 3.44. The van der Waals surface area contributed by atoms with Crippen LogP contribution in [-0.2, 0) is 11.3 Å². The molecular weight excluding hydrogens is 222 g/mol. The Morgan fingerprint density at radius 2 is 2.17 bits per heavy atom. The molecule has 100 valence electrons. The lowest BCUT2D eigenvalue weighted by atomic mass is 10.0. The molecule has 0 spiro atoms.